The van der Waals surface area contributed by atoms with Gasteiger partial charge in [0.1, 0.15) is 12.3 Å². The number of imidazole rings is 1. The van der Waals surface area contributed by atoms with Crippen LogP contribution in [0.15, 0.2) is 60.9 Å². The van der Waals surface area contributed by atoms with Crippen LogP contribution in [-0.4, -0.2) is 39.2 Å². The molecule has 0 saturated carbocycles. The molecule has 0 bridgehead atoms. The van der Waals surface area contributed by atoms with Crippen molar-refractivity contribution in [2.45, 2.75) is 25.8 Å². The summed E-state index contributed by atoms with van der Waals surface area (Å²) in [7, 11) is 0. The van der Waals surface area contributed by atoms with Gasteiger partial charge in [-0.25, -0.2) is 4.98 Å². The van der Waals surface area contributed by atoms with Gasteiger partial charge in [-0.3, -0.25) is 9.59 Å². The van der Waals surface area contributed by atoms with Gasteiger partial charge in [0.05, 0.1) is 17.4 Å². The number of Topliss-reactive ketones (excluding diaryl/α,β-unsaturated/α-hetero) is 1. The summed E-state index contributed by atoms with van der Waals surface area (Å²) in [6.07, 6.45) is 3.90. The number of benzene rings is 2. The molecule has 1 fully saturated rings. The number of aromatic nitrogens is 2. The Morgan fingerprint density at radius 1 is 1.04 bits per heavy atom. The van der Waals surface area contributed by atoms with Crippen molar-refractivity contribution in [3.05, 3.63) is 66.5 Å². The highest BCUT2D eigenvalue weighted by Gasteiger charge is 2.28. The van der Waals surface area contributed by atoms with Crippen molar-refractivity contribution in [2.75, 3.05) is 13.1 Å². The Kier molecular flexibility index (Phi) is 5.01. The van der Waals surface area contributed by atoms with E-state index in [0.29, 0.717) is 13.0 Å². The van der Waals surface area contributed by atoms with Crippen molar-refractivity contribution in [1.82, 2.24) is 14.5 Å². The molecule has 1 aliphatic rings. The van der Waals surface area contributed by atoms with Gasteiger partial charge in [-0.05, 0) is 30.5 Å². The van der Waals surface area contributed by atoms with Gasteiger partial charge < -0.3 is 9.47 Å². The SMILES string of the molecule is O=C(Cc1ccccc1)C1CCCN(C(=O)Cn2cnc3ccccc32)C1. The average Bonchev–Trinajstić information content (AvgIpc) is 3.12. The lowest BCUT2D eigenvalue weighted by atomic mass is 9.90. The van der Waals surface area contributed by atoms with E-state index >= 15 is 0 Å². The highest BCUT2D eigenvalue weighted by Crippen LogP contribution is 2.20. The second-order valence-electron chi connectivity index (χ2n) is 7.17. The minimum atomic E-state index is -0.0672. The number of rotatable bonds is 5. The predicted molar refractivity (Wildman–Crippen MR) is 104 cm³/mol. The summed E-state index contributed by atoms with van der Waals surface area (Å²) in [5.41, 5.74) is 2.88. The molecule has 1 aliphatic heterocycles. The first-order valence-corrected chi connectivity index (χ1v) is 9.45. The lowest BCUT2D eigenvalue weighted by molar-refractivity contribution is -0.135. The molecule has 0 aliphatic carbocycles. The van der Waals surface area contributed by atoms with Crippen molar-refractivity contribution in [3.63, 3.8) is 0 Å². The van der Waals surface area contributed by atoms with Crippen LogP contribution in [-0.2, 0) is 22.6 Å². The first-order valence-electron chi connectivity index (χ1n) is 9.45. The van der Waals surface area contributed by atoms with Crippen LogP contribution < -0.4 is 0 Å². The van der Waals surface area contributed by atoms with E-state index in [1.165, 1.54) is 0 Å². The number of piperidine rings is 1. The number of likely N-dealkylation sites (tertiary alicyclic amines) is 1. The van der Waals surface area contributed by atoms with Crippen molar-refractivity contribution in [1.29, 1.82) is 0 Å². The molecule has 1 aromatic heterocycles. The van der Waals surface area contributed by atoms with Crippen LogP contribution in [0.4, 0.5) is 0 Å². The maximum absolute atomic E-state index is 12.8. The summed E-state index contributed by atoms with van der Waals surface area (Å²) in [6, 6.07) is 17.6. The zero-order valence-electron chi connectivity index (χ0n) is 15.3. The van der Waals surface area contributed by atoms with Gasteiger partial charge >= 0.3 is 0 Å². The summed E-state index contributed by atoms with van der Waals surface area (Å²) >= 11 is 0. The first-order chi connectivity index (χ1) is 13.2. The Balaban J connectivity index is 1.40. The number of para-hydroxylation sites is 2. The lowest BCUT2D eigenvalue weighted by Gasteiger charge is -2.32. The van der Waals surface area contributed by atoms with E-state index in [-0.39, 0.29) is 24.2 Å². The average molecular weight is 361 g/mol. The molecule has 5 heteroatoms. The van der Waals surface area contributed by atoms with Crippen LogP contribution in [0.25, 0.3) is 11.0 Å². The molecule has 4 rings (SSSR count). The number of carbonyl (C=O) groups is 2. The normalized spacial score (nSPS) is 17.2. The number of nitrogens with zero attached hydrogens (tertiary/aromatic N) is 3. The number of hydrogen-bond donors (Lipinski definition) is 0. The molecule has 138 valence electrons. The maximum Gasteiger partial charge on any atom is 0.242 e. The third kappa shape index (κ3) is 3.92. The molecule has 2 aromatic carbocycles. The van der Waals surface area contributed by atoms with E-state index in [1.807, 2.05) is 64.1 Å². The molecule has 0 spiro atoms. The molecule has 1 amide bonds. The van der Waals surface area contributed by atoms with E-state index in [4.69, 9.17) is 0 Å². The first kappa shape index (κ1) is 17.5. The molecule has 0 N–H and O–H groups in total. The number of ketones is 1. The topological polar surface area (TPSA) is 55.2 Å². The second-order valence-corrected chi connectivity index (χ2v) is 7.17. The molecule has 5 nitrogen and oxygen atoms in total. The van der Waals surface area contributed by atoms with Crippen LogP contribution in [0.3, 0.4) is 0 Å². The van der Waals surface area contributed by atoms with Gasteiger partial charge in [0, 0.05) is 25.4 Å². The minimum absolute atomic E-state index is 0.0513. The van der Waals surface area contributed by atoms with Gasteiger partial charge in [-0.2, -0.15) is 0 Å². The third-order valence-electron chi connectivity index (χ3n) is 5.28. The summed E-state index contributed by atoms with van der Waals surface area (Å²) in [5, 5.41) is 0. The Morgan fingerprint density at radius 2 is 1.81 bits per heavy atom. The van der Waals surface area contributed by atoms with Crippen LogP contribution in [0, 0.1) is 5.92 Å². The van der Waals surface area contributed by atoms with Crippen molar-refractivity contribution < 1.29 is 9.59 Å². The van der Waals surface area contributed by atoms with Crippen molar-refractivity contribution in [2.24, 2.45) is 5.92 Å². The number of hydrogen-bond acceptors (Lipinski definition) is 3. The summed E-state index contributed by atoms with van der Waals surface area (Å²) in [6.45, 7) is 1.51. The molecule has 0 radical (unpaired) electrons. The van der Waals surface area contributed by atoms with Gasteiger partial charge in [0.15, 0.2) is 0 Å². The van der Waals surface area contributed by atoms with Crippen LogP contribution in [0.1, 0.15) is 18.4 Å². The predicted octanol–water partition coefficient (Wildman–Crippen LogP) is 3.09. The molecule has 1 unspecified atom stereocenters. The van der Waals surface area contributed by atoms with Crippen molar-refractivity contribution in [3.8, 4) is 0 Å². The van der Waals surface area contributed by atoms with Crippen LogP contribution >= 0.6 is 0 Å². The fraction of sp³-hybridized carbons (Fsp3) is 0.318. The Bertz CT molecular complexity index is 948. The summed E-state index contributed by atoms with van der Waals surface area (Å²) in [4.78, 5) is 31.7. The molecule has 2 heterocycles. The van der Waals surface area contributed by atoms with Gasteiger partial charge in [-0.1, -0.05) is 42.5 Å². The Hall–Kier alpha value is -2.95. The Morgan fingerprint density at radius 3 is 2.67 bits per heavy atom. The summed E-state index contributed by atoms with van der Waals surface area (Å²) in [5.74, 6) is 0.213. The van der Waals surface area contributed by atoms with Crippen LogP contribution in [0.2, 0.25) is 0 Å². The number of amides is 1. The smallest absolute Gasteiger partial charge is 0.242 e. The quantitative estimate of drug-likeness (QED) is 0.702. The molecular formula is C22H23N3O2. The van der Waals surface area contributed by atoms with Gasteiger partial charge in [0.2, 0.25) is 5.91 Å². The fourth-order valence-electron chi connectivity index (χ4n) is 3.79. The molecule has 3 aromatic rings. The lowest BCUT2D eigenvalue weighted by Crippen LogP contribution is -2.43. The molecule has 1 saturated heterocycles. The monoisotopic (exact) mass is 361 g/mol. The standard InChI is InChI=1S/C22H23N3O2/c26-21(13-17-7-2-1-3-8-17)18-9-6-12-24(14-18)22(27)15-25-16-23-19-10-4-5-11-20(19)25/h1-5,7-8,10-11,16,18H,6,9,12-15H2. The van der Waals surface area contributed by atoms with Gasteiger partial charge in [0.25, 0.3) is 0 Å². The number of fused-ring (bicyclic) bond motifs is 1. The van der Waals surface area contributed by atoms with Gasteiger partial charge in [-0.15, -0.1) is 0 Å². The third-order valence-corrected chi connectivity index (χ3v) is 5.28. The molecule has 1 atom stereocenters. The zero-order chi connectivity index (χ0) is 18.6. The van der Waals surface area contributed by atoms with E-state index in [0.717, 1.165) is 36.0 Å². The highest BCUT2D eigenvalue weighted by molar-refractivity contribution is 5.85. The van der Waals surface area contributed by atoms with E-state index < -0.39 is 0 Å². The van der Waals surface area contributed by atoms with E-state index in [1.54, 1.807) is 6.33 Å². The molecular weight excluding hydrogens is 338 g/mol. The molecule has 27 heavy (non-hydrogen) atoms. The van der Waals surface area contributed by atoms with Crippen molar-refractivity contribution >= 4 is 22.7 Å². The van der Waals surface area contributed by atoms with Crippen LogP contribution in [0.5, 0.6) is 0 Å². The van der Waals surface area contributed by atoms with E-state index in [9.17, 15) is 9.59 Å². The number of carbonyl (C=O) groups excluding carboxylic acids is 2. The maximum atomic E-state index is 12.8. The Labute approximate surface area is 158 Å². The minimum Gasteiger partial charge on any atom is -0.340 e. The fourth-order valence-corrected chi connectivity index (χ4v) is 3.79. The second kappa shape index (κ2) is 7.74. The largest absolute Gasteiger partial charge is 0.340 e. The summed E-state index contributed by atoms with van der Waals surface area (Å²) < 4.78 is 1.88. The zero-order valence-corrected chi connectivity index (χ0v) is 15.3. The highest BCUT2D eigenvalue weighted by atomic mass is 16.2. The van der Waals surface area contributed by atoms with E-state index in [2.05, 4.69) is 4.98 Å².